The highest BCUT2D eigenvalue weighted by atomic mass is 19.4. The molecule has 5 N–H and O–H groups in total. The molecule has 2 aromatic carbocycles. The van der Waals surface area contributed by atoms with Crippen molar-refractivity contribution >= 4 is 11.5 Å². The van der Waals surface area contributed by atoms with E-state index < -0.39 is 35.1 Å². The molecule has 2 heterocycles. The number of nitrogens with one attached hydrogen (secondary N) is 3. The Morgan fingerprint density at radius 2 is 1.79 bits per heavy atom. The molecule has 0 aliphatic heterocycles. The van der Waals surface area contributed by atoms with Crippen molar-refractivity contribution in [2.24, 2.45) is 5.73 Å². The van der Waals surface area contributed by atoms with Crippen molar-refractivity contribution in [1.82, 2.24) is 19.7 Å². The summed E-state index contributed by atoms with van der Waals surface area (Å²) in [6.07, 6.45) is -3.72. The zero-order chi connectivity index (χ0) is 27.6. The second-order valence-electron chi connectivity index (χ2n) is 7.90. The minimum absolute atomic E-state index is 0.0590. The minimum Gasteiger partial charge on any atom is -0.493 e. The Kier molecular flexibility index (Phi) is 7.06. The van der Waals surface area contributed by atoms with E-state index in [0.717, 1.165) is 24.4 Å². The topological polar surface area (TPSA) is 144 Å². The van der Waals surface area contributed by atoms with Gasteiger partial charge in [0.25, 0.3) is 0 Å². The van der Waals surface area contributed by atoms with Crippen molar-refractivity contribution in [2.45, 2.75) is 12.2 Å². The van der Waals surface area contributed by atoms with Gasteiger partial charge in [0.2, 0.25) is 0 Å². The SMILES string of the molecule is COc1cc(F)c(C(Nc2ccc(C(=N)N)cc2)c2nn(-c3ncccc3C(F)(F)F)c(=O)[nH]2)cc1OC. The van der Waals surface area contributed by atoms with Gasteiger partial charge in [0.1, 0.15) is 23.3 Å². The van der Waals surface area contributed by atoms with Crippen LogP contribution in [0.15, 0.2) is 59.5 Å². The van der Waals surface area contributed by atoms with Crippen molar-refractivity contribution in [2.75, 3.05) is 19.5 Å². The van der Waals surface area contributed by atoms with Crippen LogP contribution in [-0.2, 0) is 6.18 Å². The van der Waals surface area contributed by atoms with Gasteiger partial charge in [-0.25, -0.2) is 14.2 Å². The van der Waals surface area contributed by atoms with Crippen LogP contribution in [-0.4, -0.2) is 39.8 Å². The molecule has 0 bridgehead atoms. The lowest BCUT2D eigenvalue weighted by molar-refractivity contribution is -0.137. The molecule has 1 atom stereocenters. The average Bonchev–Trinajstić information content (AvgIpc) is 3.28. The molecule has 0 amide bonds. The quantitative estimate of drug-likeness (QED) is 0.154. The van der Waals surface area contributed by atoms with Gasteiger partial charge in [-0.2, -0.15) is 17.9 Å². The number of anilines is 1. The van der Waals surface area contributed by atoms with Crippen LogP contribution in [0.4, 0.5) is 23.2 Å². The smallest absolute Gasteiger partial charge is 0.420 e. The molecule has 198 valence electrons. The number of aromatic nitrogens is 4. The number of nitrogens with zero attached hydrogens (tertiary/aromatic N) is 3. The van der Waals surface area contributed by atoms with E-state index in [2.05, 4.69) is 20.4 Å². The van der Waals surface area contributed by atoms with Crippen molar-refractivity contribution in [3.8, 4) is 17.3 Å². The predicted octanol–water partition coefficient (Wildman–Crippen LogP) is 3.62. The number of alkyl halides is 3. The zero-order valence-electron chi connectivity index (χ0n) is 19.9. The van der Waals surface area contributed by atoms with Gasteiger partial charge in [-0.15, -0.1) is 5.10 Å². The van der Waals surface area contributed by atoms with Crippen molar-refractivity contribution in [3.63, 3.8) is 0 Å². The third-order valence-corrected chi connectivity index (χ3v) is 5.52. The summed E-state index contributed by atoms with van der Waals surface area (Å²) in [6.45, 7) is 0. The highest BCUT2D eigenvalue weighted by Crippen LogP contribution is 2.36. The summed E-state index contributed by atoms with van der Waals surface area (Å²) in [6, 6.07) is 9.20. The van der Waals surface area contributed by atoms with Gasteiger partial charge in [-0.05, 0) is 42.5 Å². The number of methoxy groups -OCH3 is 2. The first-order chi connectivity index (χ1) is 18.0. The summed E-state index contributed by atoms with van der Waals surface area (Å²) in [5, 5.41) is 14.6. The predicted molar refractivity (Wildman–Crippen MR) is 129 cm³/mol. The van der Waals surface area contributed by atoms with Crippen LogP contribution in [0, 0.1) is 11.2 Å². The number of amidine groups is 1. The molecule has 0 radical (unpaired) electrons. The fourth-order valence-corrected chi connectivity index (χ4v) is 3.70. The van der Waals surface area contributed by atoms with Gasteiger partial charge in [0.15, 0.2) is 23.1 Å². The van der Waals surface area contributed by atoms with E-state index >= 15 is 4.39 Å². The summed E-state index contributed by atoms with van der Waals surface area (Å²) < 4.78 is 66.9. The summed E-state index contributed by atoms with van der Waals surface area (Å²) >= 11 is 0. The lowest BCUT2D eigenvalue weighted by atomic mass is 10.0. The first-order valence-corrected chi connectivity index (χ1v) is 10.9. The number of H-pyrrole nitrogens is 1. The van der Waals surface area contributed by atoms with Crippen LogP contribution in [0.3, 0.4) is 0 Å². The molecule has 14 heteroatoms. The van der Waals surface area contributed by atoms with E-state index in [-0.39, 0.29) is 28.7 Å². The summed E-state index contributed by atoms with van der Waals surface area (Å²) in [4.78, 5) is 18.9. The van der Waals surface area contributed by atoms with E-state index in [4.69, 9.17) is 20.6 Å². The number of halogens is 4. The Balaban J connectivity index is 1.87. The Bertz CT molecular complexity index is 1530. The maximum absolute atomic E-state index is 15.3. The highest BCUT2D eigenvalue weighted by molar-refractivity contribution is 5.95. The molecule has 0 spiro atoms. The minimum atomic E-state index is -4.81. The van der Waals surface area contributed by atoms with Crippen molar-refractivity contribution in [3.05, 3.63) is 93.5 Å². The second kappa shape index (κ2) is 10.2. The molecule has 0 fully saturated rings. The molecular formula is C24H21F4N7O3. The van der Waals surface area contributed by atoms with Gasteiger partial charge >= 0.3 is 11.9 Å². The highest BCUT2D eigenvalue weighted by Gasteiger charge is 2.36. The molecule has 2 aromatic heterocycles. The van der Waals surface area contributed by atoms with Gasteiger partial charge in [0, 0.05) is 29.1 Å². The van der Waals surface area contributed by atoms with Crippen molar-refractivity contribution in [1.29, 1.82) is 5.41 Å². The molecule has 0 saturated heterocycles. The Hall–Kier alpha value is -4.88. The normalized spacial score (nSPS) is 12.2. The van der Waals surface area contributed by atoms with Crippen LogP contribution < -0.4 is 26.2 Å². The van der Waals surface area contributed by atoms with E-state index in [1.165, 1.54) is 32.4 Å². The Morgan fingerprint density at radius 3 is 2.39 bits per heavy atom. The molecule has 0 aliphatic rings. The number of nitrogen functional groups attached to an aromatic ring is 1. The first kappa shape index (κ1) is 26.2. The van der Waals surface area contributed by atoms with Gasteiger partial charge in [-0.1, -0.05) is 0 Å². The van der Waals surface area contributed by atoms with Gasteiger partial charge < -0.3 is 20.5 Å². The van der Waals surface area contributed by atoms with Crippen molar-refractivity contribution < 1.29 is 27.0 Å². The fourth-order valence-electron chi connectivity index (χ4n) is 3.70. The van der Waals surface area contributed by atoms with Crippen LogP contribution in [0.1, 0.15) is 28.6 Å². The molecule has 0 saturated carbocycles. The summed E-state index contributed by atoms with van der Waals surface area (Å²) in [5.41, 5.74) is 4.06. The first-order valence-electron chi connectivity index (χ1n) is 10.9. The number of benzene rings is 2. The molecule has 4 rings (SSSR count). The van der Waals surface area contributed by atoms with Crippen LogP contribution in [0.25, 0.3) is 5.82 Å². The molecular weight excluding hydrogens is 510 g/mol. The average molecular weight is 531 g/mol. The monoisotopic (exact) mass is 531 g/mol. The lowest BCUT2D eigenvalue weighted by Gasteiger charge is -2.20. The van der Waals surface area contributed by atoms with Gasteiger partial charge in [0.05, 0.1) is 14.2 Å². The number of rotatable bonds is 8. The number of hydrogen-bond donors (Lipinski definition) is 4. The molecule has 38 heavy (non-hydrogen) atoms. The standard InChI is InChI=1S/C24H21F4N7O3/c1-37-17-10-14(16(25)11-18(17)38-2)19(32-13-7-5-12(6-8-13)20(29)30)21-33-23(36)35(34-21)22-15(24(26,27)28)4-3-9-31-22/h3-11,19,32H,1-2H3,(H3,29,30)(H,33,34,36). The maximum Gasteiger partial charge on any atom is 0.420 e. The summed E-state index contributed by atoms with van der Waals surface area (Å²) in [5.74, 6) is -1.64. The Morgan fingerprint density at radius 1 is 1.13 bits per heavy atom. The number of aromatic amines is 1. The fraction of sp³-hybridized carbons (Fsp3) is 0.167. The van der Waals surface area contributed by atoms with E-state index in [1.807, 2.05) is 0 Å². The third kappa shape index (κ3) is 5.14. The second-order valence-corrected chi connectivity index (χ2v) is 7.90. The number of pyridine rings is 1. The molecule has 1 unspecified atom stereocenters. The Labute approximate surface area is 212 Å². The maximum atomic E-state index is 15.3. The number of hydrogen-bond acceptors (Lipinski definition) is 7. The zero-order valence-corrected chi connectivity index (χ0v) is 19.9. The number of nitrogens with two attached hydrogens (primary N) is 1. The van der Waals surface area contributed by atoms with E-state index in [9.17, 15) is 18.0 Å². The molecule has 0 aliphatic carbocycles. The van der Waals surface area contributed by atoms with Crippen LogP contribution in [0.5, 0.6) is 11.5 Å². The molecule has 10 nitrogen and oxygen atoms in total. The third-order valence-electron chi connectivity index (χ3n) is 5.52. The molecule has 4 aromatic rings. The van der Waals surface area contributed by atoms with Gasteiger partial charge in [-0.3, -0.25) is 10.4 Å². The van der Waals surface area contributed by atoms with E-state index in [1.54, 1.807) is 12.1 Å². The summed E-state index contributed by atoms with van der Waals surface area (Å²) in [7, 11) is 2.67. The largest absolute Gasteiger partial charge is 0.493 e. The number of ether oxygens (including phenoxy) is 2. The van der Waals surface area contributed by atoms with Crippen LogP contribution >= 0.6 is 0 Å². The lowest BCUT2D eigenvalue weighted by Crippen LogP contribution is -2.21. The van der Waals surface area contributed by atoms with Crippen LogP contribution in [0.2, 0.25) is 0 Å². The van der Waals surface area contributed by atoms with E-state index in [0.29, 0.717) is 15.9 Å².